The average molecular weight is 263 g/mol. The van der Waals surface area contributed by atoms with E-state index in [0.717, 1.165) is 0 Å². The van der Waals surface area contributed by atoms with Crippen molar-refractivity contribution in [2.45, 2.75) is 26.3 Å². The lowest BCUT2D eigenvalue weighted by Crippen LogP contribution is -2.37. The van der Waals surface area contributed by atoms with E-state index in [1.54, 1.807) is 23.6 Å². The Bertz CT molecular complexity index is 602. The zero-order valence-corrected chi connectivity index (χ0v) is 10.9. The number of nitrogens with zero attached hydrogens (tertiary/aromatic N) is 2. The van der Waals surface area contributed by atoms with Crippen LogP contribution in [0.5, 0.6) is 5.75 Å². The first-order chi connectivity index (χ1) is 9.08. The molecule has 2 heterocycles. The zero-order chi connectivity index (χ0) is 14.0. The maximum atomic E-state index is 12.2. The monoisotopic (exact) mass is 263 g/mol. The Balaban J connectivity index is 2.42. The number of carbonyl (C=O) groups excluding carboxylic acids is 1. The van der Waals surface area contributed by atoms with Gasteiger partial charge in [0.05, 0.1) is 18.3 Å². The zero-order valence-electron chi connectivity index (χ0n) is 10.9. The van der Waals surface area contributed by atoms with E-state index in [9.17, 15) is 9.90 Å². The Labute approximate surface area is 110 Å². The van der Waals surface area contributed by atoms with Crippen molar-refractivity contribution in [3.8, 4) is 5.75 Å². The number of aliphatic hydroxyl groups excluding tert-OH is 1. The van der Waals surface area contributed by atoms with Gasteiger partial charge in [0, 0.05) is 6.20 Å². The number of aliphatic hydroxyl groups is 1. The van der Waals surface area contributed by atoms with Crippen LogP contribution in [0.4, 0.5) is 0 Å². The fourth-order valence-corrected chi connectivity index (χ4v) is 1.97. The lowest BCUT2D eigenvalue weighted by atomic mass is 10.2. The molecule has 6 nitrogen and oxygen atoms in total. The standard InChI is InChI=1S/C13H17N3O3/c1-3-9(7-17)15-13(19)11-8(2)14-12-10(18)5-4-6-16(11)12/h4-6,9,17-18H,3,7H2,1-2H3,(H,15,19)/t9-/m1/s1. The molecule has 0 saturated heterocycles. The van der Waals surface area contributed by atoms with Gasteiger partial charge in [-0.25, -0.2) is 4.98 Å². The molecule has 0 aliphatic carbocycles. The second-order valence-electron chi connectivity index (χ2n) is 4.39. The quantitative estimate of drug-likeness (QED) is 0.763. The summed E-state index contributed by atoms with van der Waals surface area (Å²) in [6.07, 6.45) is 2.31. The van der Waals surface area contributed by atoms with Crippen LogP contribution in [-0.2, 0) is 0 Å². The highest BCUT2D eigenvalue weighted by atomic mass is 16.3. The summed E-state index contributed by atoms with van der Waals surface area (Å²) in [4.78, 5) is 16.4. The van der Waals surface area contributed by atoms with Crippen LogP contribution in [0.25, 0.3) is 5.65 Å². The molecule has 19 heavy (non-hydrogen) atoms. The van der Waals surface area contributed by atoms with Crippen molar-refractivity contribution in [2.75, 3.05) is 6.61 Å². The largest absolute Gasteiger partial charge is 0.504 e. The van der Waals surface area contributed by atoms with Gasteiger partial charge in [-0.1, -0.05) is 6.92 Å². The number of imidazole rings is 1. The average Bonchev–Trinajstić information content (AvgIpc) is 2.73. The molecule has 0 fully saturated rings. The third kappa shape index (κ3) is 2.39. The predicted octanol–water partition coefficient (Wildman–Crippen LogP) is 0.849. The van der Waals surface area contributed by atoms with Crippen molar-refractivity contribution in [3.63, 3.8) is 0 Å². The van der Waals surface area contributed by atoms with E-state index in [1.807, 2.05) is 6.92 Å². The summed E-state index contributed by atoms with van der Waals surface area (Å²) in [7, 11) is 0. The molecule has 1 atom stereocenters. The Morgan fingerprint density at radius 2 is 2.32 bits per heavy atom. The van der Waals surface area contributed by atoms with E-state index < -0.39 is 0 Å². The van der Waals surface area contributed by atoms with Crippen molar-refractivity contribution >= 4 is 11.6 Å². The molecule has 3 N–H and O–H groups in total. The maximum absolute atomic E-state index is 12.2. The highest BCUT2D eigenvalue weighted by Gasteiger charge is 2.19. The van der Waals surface area contributed by atoms with E-state index >= 15 is 0 Å². The van der Waals surface area contributed by atoms with Gasteiger partial charge >= 0.3 is 0 Å². The number of nitrogens with one attached hydrogen (secondary N) is 1. The van der Waals surface area contributed by atoms with Gasteiger partial charge in [0.15, 0.2) is 11.4 Å². The number of aromatic hydroxyl groups is 1. The number of pyridine rings is 1. The molecule has 2 rings (SSSR count). The molecule has 0 aliphatic rings. The smallest absolute Gasteiger partial charge is 0.270 e. The fraction of sp³-hybridized carbons (Fsp3) is 0.385. The van der Waals surface area contributed by atoms with Crippen molar-refractivity contribution in [3.05, 3.63) is 29.7 Å². The summed E-state index contributed by atoms with van der Waals surface area (Å²) >= 11 is 0. The molecule has 2 aromatic rings. The number of fused-ring (bicyclic) bond motifs is 1. The van der Waals surface area contributed by atoms with Gasteiger partial charge in [0.25, 0.3) is 5.91 Å². The number of rotatable bonds is 4. The predicted molar refractivity (Wildman–Crippen MR) is 70.2 cm³/mol. The van der Waals surface area contributed by atoms with Gasteiger partial charge < -0.3 is 15.5 Å². The Kier molecular flexibility index (Phi) is 3.71. The molecule has 2 aromatic heterocycles. The topological polar surface area (TPSA) is 86.9 Å². The number of aromatic nitrogens is 2. The normalized spacial score (nSPS) is 12.6. The van der Waals surface area contributed by atoms with Gasteiger partial charge in [-0.2, -0.15) is 0 Å². The van der Waals surface area contributed by atoms with Gasteiger partial charge in [0.2, 0.25) is 0 Å². The molecule has 0 bridgehead atoms. The van der Waals surface area contributed by atoms with Crippen molar-refractivity contribution < 1.29 is 15.0 Å². The molecule has 0 spiro atoms. The van der Waals surface area contributed by atoms with Gasteiger partial charge in [-0.15, -0.1) is 0 Å². The molecule has 0 saturated carbocycles. The first-order valence-corrected chi connectivity index (χ1v) is 6.16. The Hall–Kier alpha value is -2.08. The van der Waals surface area contributed by atoms with E-state index in [1.165, 1.54) is 6.07 Å². The maximum Gasteiger partial charge on any atom is 0.270 e. The van der Waals surface area contributed by atoms with Crippen LogP contribution >= 0.6 is 0 Å². The lowest BCUT2D eigenvalue weighted by Gasteiger charge is -2.14. The van der Waals surface area contributed by atoms with Crippen molar-refractivity contribution in [2.24, 2.45) is 0 Å². The minimum absolute atomic E-state index is 0.0267. The first-order valence-electron chi connectivity index (χ1n) is 6.16. The van der Waals surface area contributed by atoms with Crippen LogP contribution in [0.2, 0.25) is 0 Å². The van der Waals surface area contributed by atoms with Crippen LogP contribution in [0, 0.1) is 6.92 Å². The van der Waals surface area contributed by atoms with Gasteiger partial charge in [-0.3, -0.25) is 9.20 Å². The summed E-state index contributed by atoms with van der Waals surface area (Å²) in [5.41, 5.74) is 1.26. The van der Waals surface area contributed by atoms with Crippen LogP contribution < -0.4 is 5.32 Å². The summed E-state index contributed by atoms with van der Waals surface area (Å²) in [5, 5.41) is 21.6. The lowest BCUT2D eigenvalue weighted by molar-refractivity contribution is 0.0908. The minimum atomic E-state index is -0.309. The summed E-state index contributed by atoms with van der Waals surface area (Å²) in [6.45, 7) is 3.48. The van der Waals surface area contributed by atoms with Gasteiger partial charge in [-0.05, 0) is 25.5 Å². The molecule has 102 valence electrons. The summed E-state index contributed by atoms with van der Waals surface area (Å²) in [6, 6.07) is 2.88. The van der Waals surface area contributed by atoms with Crippen LogP contribution in [0.15, 0.2) is 18.3 Å². The van der Waals surface area contributed by atoms with Gasteiger partial charge in [0.1, 0.15) is 5.69 Å². The van der Waals surface area contributed by atoms with E-state index in [4.69, 9.17) is 5.11 Å². The highest BCUT2D eigenvalue weighted by molar-refractivity contribution is 5.95. The van der Waals surface area contributed by atoms with E-state index in [-0.39, 0.29) is 24.3 Å². The van der Waals surface area contributed by atoms with Crippen LogP contribution in [0.1, 0.15) is 29.5 Å². The minimum Gasteiger partial charge on any atom is -0.504 e. The Morgan fingerprint density at radius 1 is 1.58 bits per heavy atom. The molecule has 6 heteroatoms. The molecule has 0 aromatic carbocycles. The number of hydrogen-bond donors (Lipinski definition) is 3. The molecule has 0 unspecified atom stereocenters. The third-order valence-corrected chi connectivity index (χ3v) is 3.07. The highest BCUT2D eigenvalue weighted by Crippen LogP contribution is 2.20. The third-order valence-electron chi connectivity index (χ3n) is 3.07. The first kappa shape index (κ1) is 13.4. The van der Waals surface area contributed by atoms with Crippen molar-refractivity contribution in [1.82, 2.24) is 14.7 Å². The number of carbonyl (C=O) groups is 1. The number of amides is 1. The molecular formula is C13H17N3O3. The second-order valence-corrected chi connectivity index (χ2v) is 4.39. The number of aryl methyl sites for hydroxylation is 1. The Morgan fingerprint density at radius 3 is 2.95 bits per heavy atom. The molecular weight excluding hydrogens is 246 g/mol. The number of hydrogen-bond acceptors (Lipinski definition) is 4. The summed E-state index contributed by atoms with van der Waals surface area (Å²) < 4.78 is 1.55. The van der Waals surface area contributed by atoms with Crippen molar-refractivity contribution in [1.29, 1.82) is 0 Å². The molecule has 0 radical (unpaired) electrons. The van der Waals surface area contributed by atoms with Crippen LogP contribution in [0.3, 0.4) is 0 Å². The van der Waals surface area contributed by atoms with Crippen LogP contribution in [-0.4, -0.2) is 38.2 Å². The SMILES string of the molecule is CC[C@H](CO)NC(=O)c1c(C)nc2c(O)cccn12. The summed E-state index contributed by atoms with van der Waals surface area (Å²) in [5.74, 6) is -0.282. The molecule has 1 amide bonds. The van der Waals surface area contributed by atoms with E-state index in [2.05, 4.69) is 10.3 Å². The second kappa shape index (κ2) is 5.27. The molecule has 0 aliphatic heterocycles. The van der Waals surface area contributed by atoms with E-state index in [0.29, 0.717) is 23.5 Å². The fourth-order valence-electron chi connectivity index (χ4n) is 1.97.